The molecule has 0 amide bonds. The van der Waals surface area contributed by atoms with Gasteiger partial charge in [0.2, 0.25) is 0 Å². The van der Waals surface area contributed by atoms with Crippen LogP contribution in [0, 0.1) is 5.41 Å². The zero-order valence-corrected chi connectivity index (χ0v) is 23.6. The van der Waals surface area contributed by atoms with Gasteiger partial charge in [-0.2, -0.15) is 0 Å². The van der Waals surface area contributed by atoms with E-state index in [1.165, 1.54) is 5.82 Å². The van der Waals surface area contributed by atoms with Gasteiger partial charge in [-0.05, 0) is 65.9 Å². The highest BCUT2D eigenvalue weighted by Crippen LogP contribution is 2.31. The smallest absolute Gasteiger partial charge is 0.338 e. The Hall–Kier alpha value is -4.53. The first kappa shape index (κ1) is 26.7. The van der Waals surface area contributed by atoms with Crippen molar-refractivity contribution in [3.05, 3.63) is 82.9 Å². The lowest BCUT2D eigenvalue weighted by Crippen LogP contribution is -2.40. The number of nitrogens with zero attached hydrogens (tertiary/aromatic N) is 3. The van der Waals surface area contributed by atoms with Crippen LogP contribution in [0.4, 0.5) is 5.69 Å². The zero-order valence-electron chi connectivity index (χ0n) is 23.6. The maximum atomic E-state index is 12.4. The van der Waals surface area contributed by atoms with Crippen molar-refractivity contribution in [3.63, 3.8) is 0 Å². The molecule has 0 spiro atoms. The van der Waals surface area contributed by atoms with E-state index in [2.05, 4.69) is 64.3 Å². The molecular weight excluding hydrogens is 514 g/mol. The van der Waals surface area contributed by atoms with Gasteiger partial charge in [0.15, 0.2) is 0 Å². The number of imidazole rings is 1. The van der Waals surface area contributed by atoms with Gasteiger partial charge in [-0.3, -0.25) is 5.41 Å². The molecule has 3 heterocycles. The van der Waals surface area contributed by atoms with Crippen LogP contribution in [0.3, 0.4) is 0 Å². The number of carboxylic acids is 1. The molecule has 0 bridgehead atoms. The number of piperidine rings is 1. The van der Waals surface area contributed by atoms with Crippen LogP contribution >= 0.6 is 0 Å². The molecule has 0 radical (unpaired) electrons. The number of hydrogen-bond donors (Lipinski definition) is 5. The van der Waals surface area contributed by atoms with Crippen LogP contribution in [-0.4, -0.2) is 57.0 Å². The predicted octanol–water partition coefficient (Wildman–Crippen LogP) is 5.05. The number of aromatic carboxylic acids is 1. The Bertz CT molecular complexity index is 1680. The third kappa shape index (κ3) is 5.31. The molecule has 2 aliphatic rings. The van der Waals surface area contributed by atoms with Crippen molar-refractivity contribution in [2.75, 3.05) is 25.0 Å². The standard InChI is InChI=1S/C32H37N7O2/c1-19(2)31-37-29-26(32(40)41)16-25(36-24-9-12-38(13-10-24)28-4-3-11-35-28)17-27(29)39(31)18-20-5-6-21-7-8-22(30(33)34)15-23(21)14-20/h4-8,14-17,19,24,35-36H,3,9-13,18H2,1-2H3,(H3,33,34)(H,40,41). The minimum Gasteiger partial charge on any atom is -0.478 e. The van der Waals surface area contributed by atoms with E-state index in [1.807, 2.05) is 18.2 Å². The van der Waals surface area contributed by atoms with Crippen molar-refractivity contribution in [1.29, 1.82) is 5.41 Å². The summed E-state index contributed by atoms with van der Waals surface area (Å²) in [5, 5.41) is 27.2. The SMILES string of the molecule is CC(C)c1nc2c(C(=O)O)cc(NC3CCN(C4=CCCN4)CC3)cc2n1Cc1ccc2ccc(C(=N)N)cc2c1. The number of nitrogen functional groups attached to an aromatic ring is 1. The Kier molecular flexibility index (Phi) is 7.03. The van der Waals surface area contributed by atoms with E-state index in [1.54, 1.807) is 6.07 Å². The van der Waals surface area contributed by atoms with Crippen LogP contribution in [0.15, 0.2) is 60.4 Å². The highest BCUT2D eigenvalue weighted by molar-refractivity contribution is 6.03. The number of benzene rings is 3. The molecule has 0 unspecified atom stereocenters. The summed E-state index contributed by atoms with van der Waals surface area (Å²) in [4.78, 5) is 19.7. The minimum absolute atomic E-state index is 0.0409. The molecule has 1 saturated heterocycles. The van der Waals surface area contributed by atoms with E-state index in [-0.39, 0.29) is 23.4 Å². The Labute approximate surface area is 239 Å². The highest BCUT2D eigenvalue weighted by Gasteiger charge is 2.24. The molecule has 9 heteroatoms. The number of aromatic nitrogens is 2. The molecule has 9 nitrogen and oxygen atoms in total. The number of nitrogens with two attached hydrogens (primary N) is 1. The van der Waals surface area contributed by atoms with Gasteiger partial charge in [0.05, 0.1) is 16.9 Å². The number of fused-ring (bicyclic) bond motifs is 2. The van der Waals surface area contributed by atoms with E-state index in [0.29, 0.717) is 17.6 Å². The van der Waals surface area contributed by atoms with Crippen molar-refractivity contribution in [2.45, 2.75) is 51.6 Å². The molecule has 0 saturated carbocycles. The largest absolute Gasteiger partial charge is 0.478 e. The van der Waals surface area contributed by atoms with Crippen LogP contribution < -0.4 is 16.4 Å². The van der Waals surface area contributed by atoms with E-state index >= 15 is 0 Å². The van der Waals surface area contributed by atoms with Gasteiger partial charge in [0.25, 0.3) is 0 Å². The Morgan fingerprint density at radius 2 is 1.93 bits per heavy atom. The van der Waals surface area contributed by atoms with Gasteiger partial charge in [-0.15, -0.1) is 0 Å². The van der Waals surface area contributed by atoms with Crippen molar-refractivity contribution in [3.8, 4) is 0 Å². The first-order valence-corrected chi connectivity index (χ1v) is 14.4. The van der Waals surface area contributed by atoms with Crippen LogP contribution in [-0.2, 0) is 6.54 Å². The Morgan fingerprint density at radius 3 is 2.61 bits per heavy atom. The minimum atomic E-state index is -0.977. The molecule has 6 rings (SSSR count). The Balaban J connectivity index is 1.34. The van der Waals surface area contributed by atoms with E-state index in [9.17, 15) is 9.90 Å². The highest BCUT2D eigenvalue weighted by atomic mass is 16.4. The van der Waals surface area contributed by atoms with Crippen LogP contribution in [0.5, 0.6) is 0 Å². The van der Waals surface area contributed by atoms with Crippen LogP contribution in [0.25, 0.3) is 21.8 Å². The summed E-state index contributed by atoms with van der Waals surface area (Å²) in [6.45, 7) is 7.66. The molecule has 6 N–H and O–H groups in total. The van der Waals surface area contributed by atoms with Gasteiger partial charge in [0.1, 0.15) is 17.2 Å². The second-order valence-corrected chi connectivity index (χ2v) is 11.4. The summed E-state index contributed by atoms with van der Waals surface area (Å²) >= 11 is 0. The average Bonchev–Trinajstić information content (AvgIpc) is 3.62. The molecule has 1 fully saturated rings. The number of carbonyl (C=O) groups is 1. The van der Waals surface area contributed by atoms with E-state index in [4.69, 9.17) is 16.1 Å². The molecule has 0 atom stereocenters. The third-order valence-electron chi connectivity index (χ3n) is 8.18. The quantitative estimate of drug-likeness (QED) is 0.153. The second-order valence-electron chi connectivity index (χ2n) is 11.4. The molecule has 3 aromatic carbocycles. The number of amidine groups is 1. The summed E-state index contributed by atoms with van der Waals surface area (Å²) in [5.74, 6) is 1.26. The van der Waals surface area contributed by atoms with Gasteiger partial charge >= 0.3 is 5.97 Å². The van der Waals surface area contributed by atoms with Gasteiger partial charge < -0.3 is 30.9 Å². The summed E-state index contributed by atoms with van der Waals surface area (Å²) in [7, 11) is 0. The lowest BCUT2D eigenvalue weighted by molar-refractivity contribution is 0.0699. The molecule has 41 heavy (non-hydrogen) atoms. The maximum Gasteiger partial charge on any atom is 0.338 e. The normalized spacial score (nSPS) is 15.9. The molecule has 0 aliphatic carbocycles. The summed E-state index contributed by atoms with van der Waals surface area (Å²) in [5.41, 5.74) is 9.84. The number of carboxylic acid groups (broad SMARTS) is 1. The molecule has 2 aliphatic heterocycles. The fourth-order valence-electron chi connectivity index (χ4n) is 6.06. The van der Waals surface area contributed by atoms with E-state index in [0.717, 1.165) is 72.3 Å². The fourth-order valence-corrected chi connectivity index (χ4v) is 6.06. The van der Waals surface area contributed by atoms with Gasteiger partial charge in [0, 0.05) is 49.4 Å². The molecule has 212 valence electrons. The summed E-state index contributed by atoms with van der Waals surface area (Å²) < 4.78 is 2.15. The predicted molar refractivity (Wildman–Crippen MR) is 164 cm³/mol. The van der Waals surface area contributed by atoms with Gasteiger partial charge in [-0.1, -0.05) is 38.1 Å². The number of likely N-dealkylation sites (tertiary alicyclic amines) is 1. The lowest BCUT2D eigenvalue weighted by Gasteiger charge is -2.35. The van der Waals surface area contributed by atoms with Crippen molar-refractivity contribution < 1.29 is 9.90 Å². The second kappa shape index (κ2) is 10.8. The van der Waals surface area contributed by atoms with Crippen molar-refractivity contribution in [1.82, 2.24) is 19.8 Å². The lowest BCUT2D eigenvalue weighted by atomic mass is 10.0. The first-order chi connectivity index (χ1) is 19.8. The van der Waals surface area contributed by atoms with Crippen LogP contribution in [0.1, 0.15) is 66.3 Å². The third-order valence-corrected chi connectivity index (χ3v) is 8.18. The number of hydrogen-bond acceptors (Lipinski definition) is 6. The summed E-state index contributed by atoms with van der Waals surface area (Å²) in [6, 6.07) is 16.1. The number of anilines is 1. The molecule has 4 aromatic rings. The monoisotopic (exact) mass is 551 g/mol. The number of nitrogens with one attached hydrogen (secondary N) is 3. The van der Waals surface area contributed by atoms with Crippen molar-refractivity contribution >= 4 is 39.3 Å². The molecule has 1 aromatic heterocycles. The average molecular weight is 552 g/mol. The summed E-state index contributed by atoms with van der Waals surface area (Å²) in [6.07, 6.45) is 5.31. The van der Waals surface area contributed by atoms with Gasteiger partial charge in [-0.25, -0.2) is 9.78 Å². The zero-order chi connectivity index (χ0) is 28.7. The topological polar surface area (TPSA) is 132 Å². The maximum absolute atomic E-state index is 12.4. The van der Waals surface area contributed by atoms with Crippen molar-refractivity contribution in [2.24, 2.45) is 5.73 Å². The Morgan fingerprint density at radius 1 is 1.15 bits per heavy atom. The fraction of sp³-hybridized carbons (Fsp3) is 0.344. The van der Waals surface area contributed by atoms with Crippen LogP contribution in [0.2, 0.25) is 0 Å². The number of rotatable bonds is 8. The first-order valence-electron chi connectivity index (χ1n) is 14.4. The molecular formula is C32H37N7O2. The van der Waals surface area contributed by atoms with E-state index < -0.39 is 5.97 Å².